The van der Waals surface area contributed by atoms with Crippen LogP contribution in [0.2, 0.25) is 0 Å². The molecule has 6 aromatic rings. The van der Waals surface area contributed by atoms with E-state index < -0.39 is 22.2 Å². The van der Waals surface area contributed by atoms with Gasteiger partial charge in [0.25, 0.3) is 11.5 Å². The molecule has 0 radical (unpaired) electrons. The van der Waals surface area contributed by atoms with Gasteiger partial charge in [0.15, 0.2) is 11.5 Å². The first kappa shape index (κ1) is 45.0. The quantitative estimate of drug-likeness (QED) is 0.0544. The first-order chi connectivity index (χ1) is 29.8. The smallest absolute Gasteiger partial charge is 0.278 e. The van der Waals surface area contributed by atoms with Crippen LogP contribution in [0.15, 0.2) is 119 Å². The van der Waals surface area contributed by atoms with Gasteiger partial charge in [0.05, 0.1) is 41.3 Å². The molecule has 0 bridgehead atoms. The summed E-state index contributed by atoms with van der Waals surface area (Å²) >= 11 is 0. The minimum absolute atomic E-state index is 0.0268. The van der Waals surface area contributed by atoms with Crippen molar-refractivity contribution in [2.75, 3.05) is 55.3 Å². The lowest BCUT2D eigenvalue weighted by atomic mass is 10.1. The molecule has 14 nitrogen and oxygen atoms in total. The van der Waals surface area contributed by atoms with Crippen LogP contribution in [-0.2, 0) is 19.6 Å². The molecular formula is C47H53N7O7S. The minimum atomic E-state index is -3.35. The van der Waals surface area contributed by atoms with Crippen molar-refractivity contribution in [2.24, 2.45) is 4.99 Å². The van der Waals surface area contributed by atoms with Crippen LogP contribution < -0.4 is 35.3 Å². The number of likely N-dealkylation sites (N-methyl/N-ethyl adjacent to an activating group) is 1. The topological polar surface area (TPSA) is 165 Å². The van der Waals surface area contributed by atoms with Gasteiger partial charge in [-0.15, -0.1) is 0 Å². The van der Waals surface area contributed by atoms with Gasteiger partial charge in [-0.2, -0.15) is 0 Å². The number of hydrogen-bond acceptors (Lipinski definition) is 11. The molecule has 3 N–H and O–H groups in total. The number of benzene rings is 5. The molecule has 1 amide bonds. The number of aliphatic imine (C=N–C) groups is 1. The van der Waals surface area contributed by atoms with Crippen molar-refractivity contribution in [1.82, 2.24) is 14.3 Å². The first-order valence-electron chi connectivity index (χ1n) is 20.3. The van der Waals surface area contributed by atoms with Crippen LogP contribution in [0.5, 0.6) is 11.5 Å². The zero-order valence-corrected chi connectivity index (χ0v) is 36.9. The molecule has 0 saturated carbocycles. The fourth-order valence-corrected chi connectivity index (χ4v) is 7.31. The maximum absolute atomic E-state index is 14.8. The number of ether oxygens (including phenoxy) is 3. The Labute approximate surface area is 362 Å². The van der Waals surface area contributed by atoms with Gasteiger partial charge < -0.3 is 29.7 Å². The zero-order valence-electron chi connectivity index (χ0n) is 36.1. The van der Waals surface area contributed by atoms with Crippen LogP contribution >= 0.6 is 0 Å². The van der Waals surface area contributed by atoms with Crippen LogP contribution in [0.4, 0.5) is 22.7 Å². The average Bonchev–Trinajstić information content (AvgIpc) is 3.25. The second kappa shape index (κ2) is 20.3. The highest BCUT2D eigenvalue weighted by Gasteiger charge is 2.25. The maximum Gasteiger partial charge on any atom is 0.278 e. The number of aryl methyl sites for hydroxylation is 3. The summed E-state index contributed by atoms with van der Waals surface area (Å²) in [6.07, 6.45) is 1.23. The van der Waals surface area contributed by atoms with E-state index >= 15 is 0 Å². The van der Waals surface area contributed by atoms with Gasteiger partial charge in [-0.05, 0) is 106 Å². The lowest BCUT2D eigenvalue weighted by Gasteiger charge is -2.24. The summed E-state index contributed by atoms with van der Waals surface area (Å²) in [5.41, 5.74) is 5.54. The molecule has 1 atom stereocenters. The van der Waals surface area contributed by atoms with Crippen LogP contribution in [0.25, 0.3) is 16.6 Å². The van der Waals surface area contributed by atoms with Crippen molar-refractivity contribution in [3.63, 3.8) is 0 Å². The largest absolute Gasteiger partial charge is 0.495 e. The maximum atomic E-state index is 14.8. The van der Waals surface area contributed by atoms with Gasteiger partial charge in [0.1, 0.15) is 18.2 Å². The molecule has 5 aromatic carbocycles. The van der Waals surface area contributed by atoms with E-state index in [1.165, 1.54) is 11.7 Å². The Bertz CT molecular complexity index is 2740. The zero-order chi connectivity index (χ0) is 44.4. The summed E-state index contributed by atoms with van der Waals surface area (Å²) in [5.74, 6) is 0.508. The predicted octanol–water partition coefficient (Wildman–Crippen LogP) is 7.66. The van der Waals surface area contributed by atoms with E-state index in [2.05, 4.69) is 21.4 Å². The lowest BCUT2D eigenvalue weighted by Crippen LogP contribution is -2.34. The molecule has 1 unspecified atom stereocenters. The van der Waals surface area contributed by atoms with Crippen molar-refractivity contribution in [3.05, 3.63) is 142 Å². The summed E-state index contributed by atoms with van der Waals surface area (Å²) in [7, 11) is -1.84. The highest BCUT2D eigenvalue weighted by Crippen LogP contribution is 2.30. The number of hydrogen-bond donors (Lipinski definition) is 3. The number of methoxy groups -OCH3 is 1. The van der Waals surface area contributed by atoms with Crippen LogP contribution in [0.1, 0.15) is 42.8 Å². The number of para-hydroxylation sites is 2. The number of carbonyl (C=O) groups excluding carboxylic acids is 1. The normalized spacial score (nSPS) is 12.2. The van der Waals surface area contributed by atoms with Gasteiger partial charge >= 0.3 is 0 Å². The molecule has 15 heteroatoms. The van der Waals surface area contributed by atoms with Crippen molar-refractivity contribution in [1.29, 1.82) is 0 Å². The Hall–Kier alpha value is -6.55. The molecule has 1 aromatic heterocycles. The summed E-state index contributed by atoms with van der Waals surface area (Å²) < 4.78 is 45.2. The average molecular weight is 860 g/mol. The molecular weight excluding hydrogens is 807 g/mol. The predicted molar refractivity (Wildman–Crippen MR) is 247 cm³/mol. The van der Waals surface area contributed by atoms with Gasteiger partial charge in [-0.25, -0.2) is 23.1 Å². The van der Waals surface area contributed by atoms with Crippen molar-refractivity contribution >= 4 is 55.3 Å². The molecule has 0 aliphatic carbocycles. The summed E-state index contributed by atoms with van der Waals surface area (Å²) in [4.78, 5) is 41.1. The number of nitrogens with one attached hydrogen (secondary N) is 3. The number of carbonyl (C=O) groups is 1. The van der Waals surface area contributed by atoms with Crippen molar-refractivity contribution in [2.45, 2.75) is 47.3 Å². The lowest BCUT2D eigenvalue weighted by molar-refractivity contribution is -0.110. The van der Waals surface area contributed by atoms with Gasteiger partial charge in [0, 0.05) is 37.4 Å². The molecule has 0 aliphatic heterocycles. The third kappa shape index (κ3) is 11.2. The highest BCUT2D eigenvalue weighted by molar-refractivity contribution is 7.88. The van der Waals surface area contributed by atoms with Crippen LogP contribution in [0.3, 0.4) is 0 Å². The number of fused-ring (bicyclic) bond motifs is 1. The number of aromatic nitrogens is 2. The molecule has 6 rings (SSSR count). The number of anilines is 3. The van der Waals surface area contributed by atoms with Crippen molar-refractivity contribution < 1.29 is 27.4 Å². The highest BCUT2D eigenvalue weighted by atomic mass is 32.2. The summed E-state index contributed by atoms with van der Waals surface area (Å²) in [5, 5.41) is 6.62. The molecule has 324 valence electrons. The number of amides is 1. The first-order valence-corrected chi connectivity index (χ1v) is 22.2. The Kier molecular flexibility index (Phi) is 14.8. The molecule has 0 fully saturated rings. The SMILES string of the molecule is CCC(OCNc1ccc(OC)c(NC(=O)C(=Nc2ccc(N(CC)CCNS(C)(=O)=O)cc2C)c2nc3ccccc3c(=O)n2-c2ccccc2)c1)Oc1ccc(C)cc1C. The Morgan fingerprint density at radius 1 is 0.887 bits per heavy atom. The summed E-state index contributed by atoms with van der Waals surface area (Å²) in [6.45, 7) is 11.3. The Morgan fingerprint density at radius 3 is 2.32 bits per heavy atom. The van der Waals surface area contributed by atoms with E-state index in [0.29, 0.717) is 58.9 Å². The van der Waals surface area contributed by atoms with E-state index in [1.807, 2.05) is 69.9 Å². The molecule has 0 saturated heterocycles. The second-order valence-electron chi connectivity index (χ2n) is 14.7. The number of rotatable bonds is 19. The fourth-order valence-electron chi connectivity index (χ4n) is 6.85. The minimum Gasteiger partial charge on any atom is -0.495 e. The number of nitrogens with zero attached hydrogens (tertiary/aromatic N) is 4. The Balaban J connectivity index is 1.37. The van der Waals surface area contributed by atoms with Crippen LogP contribution in [-0.4, -0.2) is 75.6 Å². The second-order valence-corrected chi connectivity index (χ2v) is 16.5. The van der Waals surface area contributed by atoms with E-state index in [4.69, 9.17) is 24.2 Å². The van der Waals surface area contributed by atoms with E-state index in [9.17, 15) is 18.0 Å². The fraction of sp³-hybridized carbons (Fsp3) is 0.277. The summed E-state index contributed by atoms with van der Waals surface area (Å²) in [6, 6.07) is 32.8. The standard InChI is InChI=1S/C47H53N7O7S/c1-8-43(61-41-23-19-31(3)27-33(41)5)60-30-48-34-20-24-42(59-6)40(29-34)52-46(55)44(50-38-22-21-36(28-32(38)4)53(9-2)26-25-49-62(7,57)58)45-51-39-18-14-13-17-37(39)47(56)54(45)35-15-11-10-12-16-35/h10-24,27-29,43,48-49H,8-9,25-26,30H2,1-7H3,(H,52,55). The third-order valence-corrected chi connectivity index (χ3v) is 10.8. The van der Waals surface area contributed by atoms with E-state index in [-0.39, 0.29) is 30.4 Å². The number of sulfonamides is 1. The molecule has 1 heterocycles. The molecule has 0 spiro atoms. The monoisotopic (exact) mass is 859 g/mol. The molecule has 62 heavy (non-hydrogen) atoms. The van der Waals surface area contributed by atoms with Gasteiger partial charge in [-0.1, -0.05) is 55.0 Å². The third-order valence-electron chi connectivity index (χ3n) is 10.0. The van der Waals surface area contributed by atoms with E-state index in [0.717, 1.165) is 34.4 Å². The van der Waals surface area contributed by atoms with Crippen molar-refractivity contribution in [3.8, 4) is 17.2 Å². The Morgan fingerprint density at radius 2 is 1.63 bits per heavy atom. The molecule has 0 aliphatic rings. The van der Waals surface area contributed by atoms with E-state index in [1.54, 1.807) is 72.8 Å². The van der Waals surface area contributed by atoms with Gasteiger partial charge in [-0.3, -0.25) is 14.2 Å². The van der Waals surface area contributed by atoms with Gasteiger partial charge in [0.2, 0.25) is 16.3 Å². The van der Waals surface area contributed by atoms with Crippen LogP contribution in [0, 0.1) is 20.8 Å².